The van der Waals surface area contributed by atoms with Crippen molar-refractivity contribution >= 4 is 119 Å². The summed E-state index contributed by atoms with van der Waals surface area (Å²) in [6.45, 7) is 14.4. The van der Waals surface area contributed by atoms with Crippen LogP contribution in [0.25, 0.3) is 32.7 Å². The second kappa shape index (κ2) is 28.2. The number of carbonyl (C=O) groups excluding carboxylic acids is 5. The monoisotopic (exact) mass is 1210 g/mol. The van der Waals surface area contributed by atoms with E-state index in [1.54, 1.807) is 54.7 Å². The standard InChI is InChI=1S/C54H68F3N9O7S.5H2S/c1-32(2)45(62(8)49(69)35-18-24-63(28-35)43(67)17-19-53(6,7)64-21-12-22-64)47(68)60-41-26-36-29-74-48(59-36)34-15-16-42-38(25-34)39(27-52(4,5)31-73-51(71)40-14-11-23-66(61-40)50(41)70)46(65(42)30-54(55,56)57)37-13-10-20-58-44(37)33(3)72-9;;;;;/h10,13,15-16,20,25,29,32-33,35,40-41,45,61H,11-12,14,18,21-24,26-28,30-31H2,1-9H3,(H,60,68);5*1H2/t33-,35-,40-,41-,45-;;;;;/m0...../s1. The molecule has 1 aromatic carbocycles. The molecule has 0 unspecified atom stereocenters. The lowest BCUT2D eigenvalue weighted by atomic mass is 9.84. The van der Waals surface area contributed by atoms with Crippen LogP contribution in [0.5, 0.6) is 0 Å². The highest BCUT2D eigenvalue weighted by atomic mass is 32.1. The number of hydrogen-bond acceptors (Lipinski definition) is 12. The molecule has 3 aromatic heterocycles. The molecule has 79 heavy (non-hydrogen) atoms. The largest absolute Gasteiger partial charge is 0.464 e. The van der Waals surface area contributed by atoms with Gasteiger partial charge in [0.1, 0.15) is 29.7 Å². The van der Waals surface area contributed by atoms with Crippen molar-refractivity contribution in [1.29, 1.82) is 0 Å². The molecule has 3 saturated heterocycles. The molecule has 25 heteroatoms. The van der Waals surface area contributed by atoms with E-state index in [0.29, 0.717) is 75.5 Å². The summed E-state index contributed by atoms with van der Waals surface area (Å²) in [5.74, 6) is 2.60. The summed E-state index contributed by atoms with van der Waals surface area (Å²) < 4.78 is 57.0. The Morgan fingerprint density at radius 3 is 2.37 bits per heavy atom. The first-order chi connectivity index (χ1) is 34.9. The zero-order chi connectivity index (χ0) is 53.4. The third-order valence-corrected chi connectivity index (χ3v) is 15.7. The van der Waals surface area contributed by atoms with Crippen LogP contribution >= 0.6 is 78.8 Å². The minimum absolute atomic E-state index is 0. The first kappa shape index (κ1) is 69.1. The molecule has 2 N–H and O–H groups in total. The summed E-state index contributed by atoms with van der Waals surface area (Å²) in [5, 5.41) is 7.17. The van der Waals surface area contributed by atoms with E-state index in [9.17, 15) is 37.1 Å². The molecule has 0 aliphatic carbocycles. The molecule has 4 aliphatic rings. The van der Waals surface area contributed by atoms with Crippen LogP contribution in [0.3, 0.4) is 0 Å². The quantitative estimate of drug-likeness (QED) is 0.122. The molecule has 0 saturated carbocycles. The van der Waals surface area contributed by atoms with Crippen LogP contribution in [0.2, 0.25) is 0 Å². The number of nitrogens with one attached hydrogen (secondary N) is 2. The van der Waals surface area contributed by atoms with Crippen LogP contribution in [-0.4, -0.2) is 147 Å². The molecule has 0 radical (unpaired) electrons. The second-order valence-electron chi connectivity index (χ2n) is 21.8. The number of nitrogens with zero attached hydrogens (tertiary/aromatic N) is 7. The number of likely N-dealkylation sites (tertiary alicyclic amines) is 2. The second-order valence-corrected chi connectivity index (χ2v) is 22.6. The van der Waals surface area contributed by atoms with E-state index in [-0.39, 0.29) is 112 Å². The van der Waals surface area contributed by atoms with Gasteiger partial charge in [0.2, 0.25) is 11.8 Å². The molecule has 3 fully saturated rings. The minimum atomic E-state index is -4.60. The fourth-order valence-corrected chi connectivity index (χ4v) is 11.4. The van der Waals surface area contributed by atoms with Crippen LogP contribution in [0.15, 0.2) is 41.9 Å². The molecule has 6 bridgehead atoms. The number of carbonyl (C=O) groups is 5. The molecule has 438 valence electrons. The van der Waals surface area contributed by atoms with Gasteiger partial charge in [-0.05, 0) is 101 Å². The minimum Gasteiger partial charge on any atom is -0.464 e. The fraction of sp³-hybridized carbons (Fsp3) is 0.574. The Hall–Kier alpha value is -4.13. The smallest absolute Gasteiger partial charge is 0.406 e. The zero-order valence-corrected chi connectivity index (χ0v) is 52.0. The highest BCUT2D eigenvalue weighted by Crippen LogP contribution is 2.43. The zero-order valence-electron chi connectivity index (χ0n) is 46.2. The summed E-state index contributed by atoms with van der Waals surface area (Å²) in [5.41, 5.74) is 5.09. The van der Waals surface area contributed by atoms with Crippen molar-refractivity contribution in [2.75, 3.05) is 53.5 Å². The lowest BCUT2D eigenvalue weighted by Gasteiger charge is -2.41. The first-order valence-corrected chi connectivity index (χ1v) is 26.4. The van der Waals surface area contributed by atoms with Gasteiger partial charge in [-0.3, -0.25) is 38.9 Å². The number of amides is 4. The summed E-state index contributed by atoms with van der Waals surface area (Å²) >= 11 is 1.29. The van der Waals surface area contributed by atoms with Gasteiger partial charge in [-0.1, -0.05) is 33.6 Å². The number of halogens is 3. The first-order valence-electron chi connectivity index (χ1n) is 25.5. The van der Waals surface area contributed by atoms with Gasteiger partial charge >= 0.3 is 12.1 Å². The maximum absolute atomic E-state index is 14.7. The number of hydrazine groups is 1. The summed E-state index contributed by atoms with van der Waals surface area (Å²) in [6.07, 6.45) is -1.15. The molecular formula is C54H78F3N9O7S6. The van der Waals surface area contributed by atoms with Crippen LogP contribution in [0.1, 0.15) is 97.2 Å². The SMILES string of the molecule is CO[C@@H](C)c1ncccc1-c1c2c3cc(ccc3n1CC(F)(F)F)-c1nc(cs1)C[C@H](NC(=O)[C@H](C(C)C)N(C)C(=O)[C@H]1CCN(C(=O)C#CC(C)(C)N3CCC3)C1)C(=O)N1CCC[C@H](N1)C(=O)OCC(C)(C)C2.S.S.S.S.S. The lowest BCUT2D eigenvalue weighted by molar-refractivity contribution is -0.155. The number of esters is 1. The Morgan fingerprint density at radius 1 is 1.01 bits per heavy atom. The van der Waals surface area contributed by atoms with Gasteiger partial charge < -0.3 is 29.2 Å². The van der Waals surface area contributed by atoms with Crippen molar-refractivity contribution < 1.29 is 46.6 Å². The van der Waals surface area contributed by atoms with E-state index in [2.05, 4.69) is 32.5 Å². The topological polar surface area (TPSA) is 172 Å². The fourth-order valence-electron chi connectivity index (χ4n) is 10.6. The molecule has 8 rings (SSSR count). The average Bonchev–Trinajstić information content (AvgIpc) is 4.09. The van der Waals surface area contributed by atoms with Gasteiger partial charge in [0.25, 0.3) is 11.8 Å². The van der Waals surface area contributed by atoms with Crippen molar-refractivity contribution in [2.24, 2.45) is 17.3 Å². The summed E-state index contributed by atoms with van der Waals surface area (Å²) in [6, 6.07) is 5.51. The Kier molecular flexibility index (Phi) is 24.7. The number of rotatable bonds is 10. The van der Waals surface area contributed by atoms with E-state index in [4.69, 9.17) is 14.5 Å². The van der Waals surface area contributed by atoms with Gasteiger partial charge in [-0.25, -0.2) is 10.4 Å². The van der Waals surface area contributed by atoms with Crippen LogP contribution < -0.4 is 10.7 Å². The van der Waals surface area contributed by atoms with Crippen molar-refractivity contribution in [3.8, 4) is 33.7 Å². The van der Waals surface area contributed by atoms with Gasteiger partial charge in [0.15, 0.2) is 0 Å². The van der Waals surface area contributed by atoms with E-state index < -0.39 is 77.5 Å². The maximum Gasteiger partial charge on any atom is 0.406 e. The third kappa shape index (κ3) is 15.7. The molecule has 4 amide bonds. The van der Waals surface area contributed by atoms with Crippen molar-refractivity contribution in [2.45, 2.75) is 129 Å². The predicted octanol–water partition coefficient (Wildman–Crippen LogP) is 7.13. The lowest BCUT2D eigenvalue weighted by Crippen LogP contribution is -2.62. The van der Waals surface area contributed by atoms with Gasteiger partial charge in [-0.2, -0.15) is 80.6 Å². The predicted molar refractivity (Wildman–Crippen MR) is 326 cm³/mol. The maximum atomic E-state index is 14.7. The average molecular weight is 1210 g/mol. The van der Waals surface area contributed by atoms with Gasteiger partial charge in [0, 0.05) is 92.3 Å². The summed E-state index contributed by atoms with van der Waals surface area (Å²) in [4.78, 5) is 85.4. The number of pyridine rings is 1. The van der Waals surface area contributed by atoms with Gasteiger partial charge in [-0.15, -0.1) is 11.3 Å². The highest BCUT2D eigenvalue weighted by molar-refractivity contribution is 7.60. The number of thiazole rings is 1. The summed E-state index contributed by atoms with van der Waals surface area (Å²) in [7, 11) is 3.08. The molecule has 7 heterocycles. The van der Waals surface area contributed by atoms with Gasteiger partial charge in [0.05, 0.1) is 41.2 Å². The Balaban J connectivity index is 0.00000328. The third-order valence-electron chi connectivity index (χ3n) is 14.8. The number of hydrogen-bond donors (Lipinski definition) is 2. The number of cyclic esters (lactones) is 1. The number of benzene rings is 1. The van der Waals surface area contributed by atoms with E-state index in [1.165, 1.54) is 32.9 Å². The molecular weight excluding hydrogens is 1140 g/mol. The van der Waals surface area contributed by atoms with E-state index in [1.807, 2.05) is 47.6 Å². The molecule has 16 nitrogen and oxygen atoms in total. The number of fused-ring (bicyclic) bond motifs is 6. The van der Waals surface area contributed by atoms with E-state index in [0.717, 1.165) is 19.5 Å². The molecule has 4 aliphatic heterocycles. The van der Waals surface area contributed by atoms with Crippen molar-refractivity contribution in [3.05, 3.63) is 58.9 Å². The Labute approximate surface area is 500 Å². The van der Waals surface area contributed by atoms with Crippen LogP contribution in [-0.2, 0) is 52.8 Å². The van der Waals surface area contributed by atoms with E-state index >= 15 is 0 Å². The number of aromatic nitrogens is 3. The Bertz CT molecular complexity index is 2870. The van der Waals surface area contributed by atoms with Crippen LogP contribution in [0, 0.1) is 29.1 Å². The van der Waals surface area contributed by atoms with Crippen LogP contribution in [0.4, 0.5) is 13.2 Å². The number of ether oxygens (including phenoxy) is 2. The number of methoxy groups -OCH3 is 1. The van der Waals surface area contributed by atoms with Crippen molar-refractivity contribution in [3.63, 3.8) is 0 Å². The molecule has 5 atom stereocenters. The van der Waals surface area contributed by atoms with Crippen molar-refractivity contribution in [1.82, 2.24) is 45.0 Å². The molecule has 4 aromatic rings. The normalized spacial score (nSPS) is 20.2. The number of alkyl halides is 3. The Morgan fingerprint density at radius 2 is 1.72 bits per heavy atom. The molecule has 0 spiro atoms. The number of likely N-dealkylation sites (N-methyl/N-ethyl adjacent to an activating group) is 1. The highest BCUT2D eigenvalue weighted by Gasteiger charge is 2.41.